The second-order valence-corrected chi connectivity index (χ2v) is 4.30. The van der Waals surface area contributed by atoms with Gasteiger partial charge in [0.25, 0.3) is 11.7 Å². The van der Waals surface area contributed by atoms with Crippen LogP contribution in [0.5, 0.6) is 0 Å². The molecule has 0 aliphatic heterocycles. The maximum absolute atomic E-state index is 11.5. The molecule has 0 radical (unpaired) electrons. The zero-order valence-electron chi connectivity index (χ0n) is 11.0. The van der Waals surface area contributed by atoms with Crippen molar-refractivity contribution in [2.24, 2.45) is 0 Å². The van der Waals surface area contributed by atoms with Crippen LogP contribution in [0, 0.1) is 6.92 Å². The summed E-state index contributed by atoms with van der Waals surface area (Å²) in [6.45, 7) is 3.96. The molecule has 0 fully saturated rings. The van der Waals surface area contributed by atoms with Gasteiger partial charge in [0.15, 0.2) is 5.76 Å². The molecule has 6 heteroatoms. The van der Waals surface area contributed by atoms with Gasteiger partial charge in [-0.05, 0) is 37.2 Å². The maximum atomic E-state index is 11.5. The topological polar surface area (TPSA) is 78.4 Å². The summed E-state index contributed by atoms with van der Waals surface area (Å²) in [6, 6.07) is 7.61. The first-order chi connectivity index (χ1) is 9.67. The lowest BCUT2D eigenvalue weighted by molar-refractivity contribution is 0.0508. The molecule has 0 saturated heterocycles. The number of ether oxygens (including phenoxy) is 1. The van der Waals surface area contributed by atoms with Gasteiger partial charge in [0.2, 0.25) is 0 Å². The second kappa shape index (κ2) is 4.80. The summed E-state index contributed by atoms with van der Waals surface area (Å²) in [6.07, 6.45) is 0. The van der Waals surface area contributed by atoms with E-state index in [-0.39, 0.29) is 18.3 Å². The molecule has 3 aromatic rings. The van der Waals surface area contributed by atoms with Crippen LogP contribution in [0.15, 0.2) is 33.2 Å². The van der Waals surface area contributed by atoms with Crippen molar-refractivity contribution < 1.29 is 18.5 Å². The predicted octanol–water partition coefficient (Wildman–Crippen LogP) is 2.97. The highest BCUT2D eigenvalue weighted by Gasteiger charge is 2.19. The zero-order chi connectivity index (χ0) is 14.1. The van der Waals surface area contributed by atoms with Crippen molar-refractivity contribution >= 4 is 16.9 Å². The van der Waals surface area contributed by atoms with E-state index in [1.54, 1.807) is 13.0 Å². The van der Waals surface area contributed by atoms with Gasteiger partial charge < -0.3 is 13.7 Å². The third kappa shape index (κ3) is 2.16. The lowest BCUT2D eigenvalue weighted by atomic mass is 10.2. The van der Waals surface area contributed by atoms with Gasteiger partial charge in [0, 0.05) is 5.39 Å². The van der Waals surface area contributed by atoms with Gasteiger partial charge in [0.1, 0.15) is 5.58 Å². The van der Waals surface area contributed by atoms with Crippen molar-refractivity contribution in [3.8, 4) is 11.7 Å². The van der Waals surface area contributed by atoms with Crippen LogP contribution in [0.1, 0.15) is 23.1 Å². The van der Waals surface area contributed by atoms with Crippen LogP contribution in [0.3, 0.4) is 0 Å². The Kier molecular flexibility index (Phi) is 2.98. The number of furan rings is 1. The number of aromatic nitrogens is 2. The van der Waals surface area contributed by atoms with Crippen molar-refractivity contribution in [1.82, 2.24) is 10.1 Å². The van der Waals surface area contributed by atoms with Crippen molar-refractivity contribution in [1.29, 1.82) is 0 Å². The molecular weight excluding hydrogens is 260 g/mol. The molecule has 0 aliphatic rings. The van der Waals surface area contributed by atoms with Gasteiger partial charge >= 0.3 is 5.97 Å². The fourth-order valence-corrected chi connectivity index (χ4v) is 1.87. The Hall–Kier alpha value is -2.63. The molecule has 2 heterocycles. The van der Waals surface area contributed by atoms with Crippen LogP contribution >= 0.6 is 0 Å². The fraction of sp³-hybridized carbons (Fsp3) is 0.214. The first-order valence-corrected chi connectivity index (χ1v) is 6.19. The van der Waals surface area contributed by atoms with Crippen molar-refractivity contribution in [2.45, 2.75) is 13.8 Å². The van der Waals surface area contributed by atoms with Crippen molar-refractivity contribution in [3.05, 3.63) is 35.7 Å². The number of esters is 1. The van der Waals surface area contributed by atoms with E-state index in [4.69, 9.17) is 13.7 Å². The standard InChI is InChI=1S/C14H12N2O4/c1-3-18-14(17)12-15-13(20-16-12)11-7-9-6-8(2)4-5-10(9)19-11/h4-7H,3H2,1-2H3. The number of nitrogens with zero attached hydrogens (tertiary/aromatic N) is 2. The number of hydrogen-bond donors (Lipinski definition) is 0. The molecule has 0 spiro atoms. The van der Waals surface area contributed by atoms with E-state index in [1.165, 1.54) is 0 Å². The number of carbonyl (C=O) groups is 1. The highest BCUT2D eigenvalue weighted by atomic mass is 16.5. The summed E-state index contributed by atoms with van der Waals surface area (Å²) >= 11 is 0. The number of benzene rings is 1. The highest BCUT2D eigenvalue weighted by molar-refractivity contribution is 5.86. The third-order valence-electron chi connectivity index (χ3n) is 2.77. The minimum absolute atomic E-state index is 0.113. The summed E-state index contributed by atoms with van der Waals surface area (Å²) in [4.78, 5) is 15.4. The molecule has 0 aliphatic carbocycles. The van der Waals surface area contributed by atoms with E-state index in [0.717, 1.165) is 16.5 Å². The molecule has 102 valence electrons. The van der Waals surface area contributed by atoms with Gasteiger partial charge in [-0.3, -0.25) is 0 Å². The monoisotopic (exact) mass is 272 g/mol. The predicted molar refractivity (Wildman–Crippen MR) is 70.2 cm³/mol. The molecule has 3 rings (SSSR count). The number of aryl methyl sites for hydroxylation is 1. The summed E-state index contributed by atoms with van der Waals surface area (Å²) < 4.78 is 15.4. The molecule has 1 aromatic carbocycles. The maximum Gasteiger partial charge on any atom is 0.379 e. The van der Waals surface area contributed by atoms with E-state index < -0.39 is 5.97 Å². The summed E-state index contributed by atoms with van der Waals surface area (Å²) in [5, 5.41) is 4.52. The number of rotatable bonds is 3. The van der Waals surface area contributed by atoms with Gasteiger partial charge in [-0.2, -0.15) is 4.98 Å². The zero-order valence-corrected chi connectivity index (χ0v) is 11.0. The van der Waals surface area contributed by atoms with Crippen LogP contribution in [0.25, 0.3) is 22.6 Å². The van der Waals surface area contributed by atoms with Crippen LogP contribution < -0.4 is 0 Å². The Balaban J connectivity index is 1.96. The number of carbonyl (C=O) groups excluding carboxylic acids is 1. The molecule has 0 amide bonds. The van der Waals surface area contributed by atoms with Gasteiger partial charge in [-0.1, -0.05) is 11.6 Å². The Bertz CT molecular complexity index is 772. The van der Waals surface area contributed by atoms with E-state index >= 15 is 0 Å². The van der Waals surface area contributed by atoms with E-state index in [9.17, 15) is 4.79 Å². The normalized spacial score (nSPS) is 10.9. The summed E-state index contributed by atoms with van der Waals surface area (Å²) in [5.41, 5.74) is 1.85. The minimum atomic E-state index is -0.616. The van der Waals surface area contributed by atoms with Gasteiger partial charge in [-0.15, -0.1) is 0 Å². The molecule has 0 unspecified atom stereocenters. The van der Waals surface area contributed by atoms with Crippen LogP contribution in [-0.2, 0) is 4.74 Å². The van der Waals surface area contributed by atoms with Crippen LogP contribution in [0.4, 0.5) is 0 Å². The average molecular weight is 272 g/mol. The Morgan fingerprint density at radius 2 is 2.20 bits per heavy atom. The third-order valence-corrected chi connectivity index (χ3v) is 2.77. The summed E-state index contributed by atoms with van der Waals surface area (Å²) in [5.74, 6) is -0.150. The SMILES string of the molecule is CCOC(=O)c1noc(-c2cc3cc(C)ccc3o2)n1. The molecule has 20 heavy (non-hydrogen) atoms. The number of hydrogen-bond acceptors (Lipinski definition) is 6. The highest BCUT2D eigenvalue weighted by Crippen LogP contribution is 2.27. The van der Waals surface area contributed by atoms with Crippen LogP contribution in [-0.4, -0.2) is 22.7 Å². The molecule has 0 atom stereocenters. The minimum Gasteiger partial charge on any atom is -0.460 e. The Labute approximate surface area is 114 Å². The molecule has 0 saturated carbocycles. The van der Waals surface area contributed by atoms with Crippen LogP contribution in [0.2, 0.25) is 0 Å². The lowest BCUT2D eigenvalue weighted by Crippen LogP contribution is -2.06. The molecule has 2 aromatic heterocycles. The van der Waals surface area contributed by atoms with Gasteiger partial charge in [-0.25, -0.2) is 4.79 Å². The quantitative estimate of drug-likeness (QED) is 0.682. The van der Waals surface area contributed by atoms with Crippen molar-refractivity contribution in [3.63, 3.8) is 0 Å². The average Bonchev–Trinajstić information content (AvgIpc) is 3.04. The molecule has 0 bridgehead atoms. The Morgan fingerprint density at radius 3 is 3.00 bits per heavy atom. The Morgan fingerprint density at radius 1 is 1.35 bits per heavy atom. The summed E-state index contributed by atoms with van der Waals surface area (Å²) in [7, 11) is 0. The van der Waals surface area contributed by atoms with E-state index in [2.05, 4.69) is 10.1 Å². The second-order valence-electron chi connectivity index (χ2n) is 4.30. The van der Waals surface area contributed by atoms with E-state index in [1.807, 2.05) is 25.1 Å². The largest absolute Gasteiger partial charge is 0.460 e. The number of fused-ring (bicyclic) bond motifs is 1. The fourth-order valence-electron chi connectivity index (χ4n) is 1.87. The van der Waals surface area contributed by atoms with Crippen molar-refractivity contribution in [2.75, 3.05) is 6.61 Å². The molecule has 0 N–H and O–H groups in total. The molecule has 6 nitrogen and oxygen atoms in total. The first-order valence-electron chi connectivity index (χ1n) is 6.19. The van der Waals surface area contributed by atoms with E-state index in [0.29, 0.717) is 5.76 Å². The first kappa shape index (κ1) is 12.4. The lowest BCUT2D eigenvalue weighted by Gasteiger charge is -1.93. The smallest absolute Gasteiger partial charge is 0.379 e. The van der Waals surface area contributed by atoms with Gasteiger partial charge in [0.05, 0.1) is 6.61 Å². The molecular formula is C14H12N2O4.